The monoisotopic (exact) mass is 322 g/mol. The Morgan fingerprint density at radius 3 is 2.82 bits per heavy atom. The second-order valence-corrected chi connectivity index (χ2v) is 6.62. The number of amides is 1. The highest BCUT2D eigenvalue weighted by Gasteiger charge is 2.28. The molecule has 0 aromatic heterocycles. The van der Waals surface area contributed by atoms with Crippen LogP contribution in [0.2, 0.25) is 5.02 Å². The fourth-order valence-electron chi connectivity index (χ4n) is 3.22. The van der Waals surface area contributed by atoms with Gasteiger partial charge in [0.25, 0.3) is 0 Å². The lowest BCUT2D eigenvalue weighted by Gasteiger charge is -2.20. The molecule has 2 saturated heterocycles. The Labute approximate surface area is 136 Å². The van der Waals surface area contributed by atoms with Crippen molar-refractivity contribution in [3.05, 3.63) is 34.9 Å². The Bertz CT molecular complexity index is 501. The second kappa shape index (κ2) is 7.42. The van der Waals surface area contributed by atoms with Gasteiger partial charge in [-0.25, -0.2) is 5.43 Å². The van der Waals surface area contributed by atoms with E-state index in [2.05, 4.69) is 21.5 Å². The van der Waals surface area contributed by atoms with E-state index < -0.39 is 0 Å². The maximum atomic E-state index is 12.0. The van der Waals surface area contributed by atoms with Crippen LogP contribution in [-0.4, -0.2) is 32.1 Å². The van der Waals surface area contributed by atoms with Crippen LogP contribution in [-0.2, 0) is 4.79 Å². The van der Waals surface area contributed by atoms with Crippen molar-refractivity contribution in [3.63, 3.8) is 0 Å². The van der Waals surface area contributed by atoms with E-state index in [4.69, 9.17) is 11.6 Å². The van der Waals surface area contributed by atoms with Crippen molar-refractivity contribution in [3.8, 4) is 0 Å². The minimum Gasteiger partial charge on any atom is -0.356 e. The van der Waals surface area contributed by atoms with Crippen LogP contribution in [0.5, 0.6) is 0 Å². The third-order valence-electron chi connectivity index (χ3n) is 4.52. The second-order valence-electron chi connectivity index (χ2n) is 6.18. The van der Waals surface area contributed by atoms with Gasteiger partial charge < -0.3 is 10.6 Å². The molecule has 2 aliphatic rings. The average Bonchev–Trinajstić information content (AvgIpc) is 3.17. The highest BCUT2D eigenvalue weighted by Crippen LogP contribution is 2.25. The van der Waals surface area contributed by atoms with Crippen LogP contribution >= 0.6 is 11.6 Å². The maximum absolute atomic E-state index is 12.0. The van der Waals surface area contributed by atoms with Crippen molar-refractivity contribution in [1.29, 1.82) is 0 Å². The molecule has 0 radical (unpaired) electrons. The molecule has 0 saturated carbocycles. The predicted octanol–water partition coefficient (Wildman–Crippen LogP) is 1.22. The van der Waals surface area contributed by atoms with E-state index in [0.29, 0.717) is 24.8 Å². The Balaban J connectivity index is 1.50. The quantitative estimate of drug-likeness (QED) is 0.658. The first-order valence-corrected chi connectivity index (χ1v) is 8.31. The van der Waals surface area contributed by atoms with Gasteiger partial charge in [-0.1, -0.05) is 23.7 Å². The molecule has 5 nitrogen and oxygen atoms in total. The zero-order chi connectivity index (χ0) is 15.4. The predicted molar refractivity (Wildman–Crippen MR) is 87.4 cm³/mol. The molecule has 3 unspecified atom stereocenters. The Hall–Kier alpha value is -1.14. The molecule has 1 amide bonds. The number of benzene rings is 1. The summed E-state index contributed by atoms with van der Waals surface area (Å²) in [4.78, 5) is 12.0. The van der Waals surface area contributed by atoms with Crippen LogP contribution in [0.3, 0.4) is 0 Å². The normalized spacial score (nSPS) is 28.0. The smallest absolute Gasteiger partial charge is 0.220 e. The van der Waals surface area contributed by atoms with Gasteiger partial charge in [0.05, 0.1) is 6.04 Å². The molecular weight excluding hydrogens is 300 g/mol. The third-order valence-corrected chi connectivity index (χ3v) is 4.77. The summed E-state index contributed by atoms with van der Waals surface area (Å²) in [6, 6.07) is 8.07. The molecule has 4 N–H and O–H groups in total. The average molecular weight is 323 g/mol. The number of nitrogens with one attached hydrogen (secondary N) is 4. The highest BCUT2D eigenvalue weighted by atomic mass is 35.5. The highest BCUT2D eigenvalue weighted by molar-refractivity contribution is 6.30. The lowest BCUT2D eigenvalue weighted by molar-refractivity contribution is -0.122. The van der Waals surface area contributed by atoms with E-state index in [9.17, 15) is 4.79 Å². The van der Waals surface area contributed by atoms with E-state index in [-0.39, 0.29) is 11.9 Å². The molecule has 3 atom stereocenters. The first kappa shape index (κ1) is 15.7. The number of halogens is 1. The van der Waals surface area contributed by atoms with E-state index >= 15 is 0 Å². The molecule has 120 valence electrons. The van der Waals surface area contributed by atoms with Crippen molar-refractivity contribution in [1.82, 2.24) is 21.5 Å². The summed E-state index contributed by atoms with van der Waals surface area (Å²) in [5.41, 5.74) is 7.66. The number of carbonyl (C=O) groups excluding carboxylic acids is 1. The van der Waals surface area contributed by atoms with Crippen molar-refractivity contribution in [2.24, 2.45) is 11.8 Å². The summed E-state index contributed by atoms with van der Waals surface area (Å²) < 4.78 is 0. The van der Waals surface area contributed by atoms with Crippen LogP contribution in [0.25, 0.3) is 0 Å². The molecule has 0 bridgehead atoms. The molecule has 1 aromatic carbocycles. The van der Waals surface area contributed by atoms with Gasteiger partial charge >= 0.3 is 0 Å². The minimum absolute atomic E-state index is 0.162. The van der Waals surface area contributed by atoms with E-state index in [1.54, 1.807) is 0 Å². The van der Waals surface area contributed by atoms with Gasteiger partial charge in [-0.05, 0) is 43.1 Å². The van der Waals surface area contributed by atoms with Crippen molar-refractivity contribution < 1.29 is 4.79 Å². The van der Waals surface area contributed by atoms with Crippen molar-refractivity contribution in [2.75, 3.05) is 26.2 Å². The summed E-state index contributed by atoms with van der Waals surface area (Å²) in [5, 5.41) is 7.13. The number of hydrogen-bond acceptors (Lipinski definition) is 4. The summed E-state index contributed by atoms with van der Waals surface area (Å²) in [6.07, 6.45) is 1.74. The molecule has 2 fully saturated rings. The van der Waals surface area contributed by atoms with Crippen LogP contribution in [0, 0.1) is 11.8 Å². The van der Waals surface area contributed by atoms with Crippen LogP contribution in [0.4, 0.5) is 0 Å². The molecule has 22 heavy (non-hydrogen) atoms. The van der Waals surface area contributed by atoms with Crippen LogP contribution in [0.1, 0.15) is 24.4 Å². The topological polar surface area (TPSA) is 65.2 Å². The fourth-order valence-corrected chi connectivity index (χ4v) is 3.35. The zero-order valence-corrected chi connectivity index (χ0v) is 13.3. The standard InChI is InChI=1S/C16H23ClN4O/c17-14-3-1-12(2-4-14)16-13(10-20-21-16)9-19-15(22)7-11-5-6-18-8-11/h1-4,11,13,16,18,20-21H,5-10H2,(H,19,22). The van der Waals surface area contributed by atoms with Gasteiger partial charge in [-0.15, -0.1) is 0 Å². The number of hydrazine groups is 1. The third kappa shape index (κ3) is 3.98. The Kier molecular flexibility index (Phi) is 5.31. The first-order chi connectivity index (χ1) is 10.7. The van der Waals surface area contributed by atoms with Gasteiger partial charge in [-0.3, -0.25) is 10.2 Å². The number of carbonyl (C=O) groups is 1. The minimum atomic E-state index is 0.162. The SMILES string of the molecule is O=C(CC1CCNC1)NCC1CNNC1c1ccc(Cl)cc1. The van der Waals surface area contributed by atoms with Gasteiger partial charge in [0.15, 0.2) is 0 Å². The molecule has 6 heteroatoms. The Morgan fingerprint density at radius 1 is 1.27 bits per heavy atom. The molecule has 1 aromatic rings. The fraction of sp³-hybridized carbons (Fsp3) is 0.562. The van der Waals surface area contributed by atoms with Gasteiger partial charge in [0.1, 0.15) is 0 Å². The zero-order valence-electron chi connectivity index (χ0n) is 12.6. The van der Waals surface area contributed by atoms with E-state index in [1.165, 1.54) is 5.56 Å². The largest absolute Gasteiger partial charge is 0.356 e. The van der Waals surface area contributed by atoms with E-state index in [0.717, 1.165) is 31.1 Å². The summed E-state index contributed by atoms with van der Waals surface area (Å²) in [6.45, 7) is 3.53. The number of hydrogen-bond donors (Lipinski definition) is 4. The van der Waals surface area contributed by atoms with Crippen molar-refractivity contribution in [2.45, 2.75) is 18.9 Å². The summed E-state index contributed by atoms with van der Waals surface area (Å²) >= 11 is 5.94. The lowest BCUT2D eigenvalue weighted by Crippen LogP contribution is -2.33. The molecule has 0 aliphatic carbocycles. The Morgan fingerprint density at radius 2 is 2.09 bits per heavy atom. The van der Waals surface area contributed by atoms with Gasteiger partial charge in [0.2, 0.25) is 5.91 Å². The lowest BCUT2D eigenvalue weighted by atomic mass is 9.94. The summed E-state index contributed by atoms with van der Waals surface area (Å²) in [7, 11) is 0. The maximum Gasteiger partial charge on any atom is 0.220 e. The molecule has 3 rings (SSSR count). The van der Waals surface area contributed by atoms with Gasteiger partial charge in [-0.2, -0.15) is 0 Å². The molecule has 0 spiro atoms. The van der Waals surface area contributed by atoms with Crippen LogP contribution in [0.15, 0.2) is 24.3 Å². The van der Waals surface area contributed by atoms with Crippen molar-refractivity contribution >= 4 is 17.5 Å². The summed E-state index contributed by atoms with van der Waals surface area (Å²) in [5.74, 6) is 0.995. The van der Waals surface area contributed by atoms with E-state index in [1.807, 2.05) is 24.3 Å². The van der Waals surface area contributed by atoms with Crippen LogP contribution < -0.4 is 21.5 Å². The molecular formula is C16H23ClN4O. The van der Waals surface area contributed by atoms with Gasteiger partial charge in [0, 0.05) is 30.5 Å². The first-order valence-electron chi connectivity index (χ1n) is 7.93. The number of rotatable bonds is 5. The molecule has 2 aliphatic heterocycles. The molecule has 2 heterocycles.